The second kappa shape index (κ2) is 4.08. The maximum atomic E-state index is 11.3. The topological polar surface area (TPSA) is 17.1 Å². The molecule has 1 nitrogen and oxygen atoms in total. The van der Waals surface area contributed by atoms with Crippen LogP contribution in [0.1, 0.15) is 26.2 Å². The molecule has 0 N–H and O–H groups in total. The van der Waals surface area contributed by atoms with Crippen molar-refractivity contribution in [3.05, 3.63) is 12.2 Å². The molecule has 1 rings (SSSR count). The zero-order chi connectivity index (χ0) is 9.14. The number of alkyl halides is 1. The predicted molar refractivity (Wildman–Crippen MR) is 51.4 cm³/mol. The van der Waals surface area contributed by atoms with Crippen LogP contribution in [-0.4, -0.2) is 11.7 Å². The molecule has 0 aromatic carbocycles. The van der Waals surface area contributed by atoms with Gasteiger partial charge in [-0.2, -0.15) is 0 Å². The smallest absolute Gasteiger partial charge is 0.136 e. The Balaban J connectivity index is 2.51. The van der Waals surface area contributed by atoms with Crippen molar-refractivity contribution in [1.29, 1.82) is 0 Å². The highest BCUT2D eigenvalue weighted by Crippen LogP contribution is 2.30. The van der Waals surface area contributed by atoms with Crippen LogP contribution < -0.4 is 0 Å². The minimum Gasteiger partial charge on any atom is -0.299 e. The van der Waals surface area contributed by atoms with Gasteiger partial charge in [0.1, 0.15) is 5.78 Å². The number of ketones is 1. The zero-order valence-electron chi connectivity index (χ0n) is 7.48. The second-order valence-corrected chi connectivity index (χ2v) is 3.90. The third-order valence-corrected chi connectivity index (χ3v) is 3.04. The lowest BCUT2D eigenvalue weighted by atomic mass is 9.79. The average Bonchev–Trinajstić information content (AvgIpc) is 2.08. The molecule has 2 atom stereocenters. The number of hydrogen-bond donors (Lipinski definition) is 0. The first-order chi connectivity index (χ1) is 5.65. The van der Waals surface area contributed by atoms with E-state index in [9.17, 15) is 4.79 Å². The lowest BCUT2D eigenvalue weighted by Crippen LogP contribution is -2.23. The Morgan fingerprint density at radius 2 is 2.33 bits per heavy atom. The van der Waals surface area contributed by atoms with Crippen molar-refractivity contribution < 1.29 is 4.79 Å². The highest BCUT2D eigenvalue weighted by molar-refractivity contribution is 6.19. The van der Waals surface area contributed by atoms with Crippen LogP contribution in [0.15, 0.2) is 12.2 Å². The van der Waals surface area contributed by atoms with E-state index in [0.29, 0.717) is 24.0 Å². The minimum absolute atomic E-state index is 0.254. The number of hydrogen-bond acceptors (Lipinski definition) is 1. The van der Waals surface area contributed by atoms with Crippen LogP contribution in [0, 0.1) is 11.8 Å². The van der Waals surface area contributed by atoms with Gasteiger partial charge in [0.25, 0.3) is 0 Å². The molecule has 0 amide bonds. The first-order valence-corrected chi connectivity index (χ1v) is 4.95. The van der Waals surface area contributed by atoms with Gasteiger partial charge in [0, 0.05) is 18.2 Å². The second-order valence-electron chi connectivity index (χ2n) is 3.64. The number of Topliss-reactive ketones (excluding diaryl/α,β-unsaturated/α-hetero) is 1. The summed E-state index contributed by atoms with van der Waals surface area (Å²) in [5.74, 6) is 1.47. The van der Waals surface area contributed by atoms with Crippen molar-refractivity contribution in [3.63, 3.8) is 0 Å². The molecule has 0 aromatic heterocycles. The maximum Gasteiger partial charge on any atom is 0.136 e. The van der Waals surface area contributed by atoms with Crippen LogP contribution in [0.2, 0.25) is 0 Å². The third kappa shape index (κ3) is 2.10. The van der Waals surface area contributed by atoms with Crippen molar-refractivity contribution in [1.82, 2.24) is 0 Å². The summed E-state index contributed by atoms with van der Waals surface area (Å²) in [5, 5.41) is 0. The maximum absolute atomic E-state index is 11.3. The molecule has 1 fully saturated rings. The normalized spacial score (nSPS) is 30.3. The van der Waals surface area contributed by atoms with Crippen LogP contribution in [0.5, 0.6) is 0 Å². The number of carbonyl (C=O) groups excluding carboxylic acids is 1. The molecule has 0 unspecified atom stereocenters. The molecule has 12 heavy (non-hydrogen) atoms. The summed E-state index contributed by atoms with van der Waals surface area (Å²) >= 11 is 5.66. The van der Waals surface area contributed by atoms with E-state index in [4.69, 9.17) is 11.6 Å². The van der Waals surface area contributed by atoms with Gasteiger partial charge >= 0.3 is 0 Å². The minimum atomic E-state index is 0.254. The summed E-state index contributed by atoms with van der Waals surface area (Å²) in [4.78, 5) is 11.3. The summed E-state index contributed by atoms with van der Waals surface area (Å²) in [5.41, 5.74) is 1.02. The van der Waals surface area contributed by atoms with Crippen LogP contribution in [0.3, 0.4) is 0 Å². The molecule has 0 saturated heterocycles. The Hall–Kier alpha value is -0.300. The SMILES string of the molecule is C=C(CCl)[C@H]1CC[C@H](C)C(=O)C1. The van der Waals surface area contributed by atoms with Gasteiger partial charge in [-0.3, -0.25) is 4.79 Å². The molecular formula is C10H15ClO. The van der Waals surface area contributed by atoms with Crippen molar-refractivity contribution in [3.8, 4) is 0 Å². The monoisotopic (exact) mass is 186 g/mol. The Kier molecular flexibility index (Phi) is 3.33. The van der Waals surface area contributed by atoms with Gasteiger partial charge in [0.15, 0.2) is 0 Å². The Morgan fingerprint density at radius 1 is 1.67 bits per heavy atom. The first-order valence-electron chi connectivity index (χ1n) is 4.41. The first kappa shape index (κ1) is 9.79. The van der Waals surface area contributed by atoms with E-state index in [1.54, 1.807) is 0 Å². The Bertz CT molecular complexity index is 196. The van der Waals surface area contributed by atoms with Crippen molar-refractivity contribution in [2.75, 3.05) is 5.88 Å². The zero-order valence-corrected chi connectivity index (χ0v) is 8.23. The summed E-state index contributed by atoms with van der Waals surface area (Å²) < 4.78 is 0. The van der Waals surface area contributed by atoms with Gasteiger partial charge in [-0.25, -0.2) is 0 Å². The Morgan fingerprint density at radius 3 is 2.83 bits per heavy atom. The van der Waals surface area contributed by atoms with E-state index in [-0.39, 0.29) is 5.92 Å². The quantitative estimate of drug-likeness (QED) is 0.479. The molecule has 0 aromatic rings. The average molecular weight is 187 g/mol. The van der Waals surface area contributed by atoms with Gasteiger partial charge < -0.3 is 0 Å². The Labute approximate surface area is 78.8 Å². The van der Waals surface area contributed by atoms with Crippen LogP contribution in [-0.2, 0) is 4.79 Å². The number of halogens is 1. The lowest BCUT2D eigenvalue weighted by Gasteiger charge is -2.25. The summed E-state index contributed by atoms with van der Waals surface area (Å²) in [7, 11) is 0. The van der Waals surface area contributed by atoms with Gasteiger partial charge in [-0.1, -0.05) is 19.1 Å². The van der Waals surface area contributed by atoms with E-state index in [0.717, 1.165) is 18.4 Å². The molecule has 0 heterocycles. The largest absolute Gasteiger partial charge is 0.299 e. The molecule has 0 radical (unpaired) electrons. The number of rotatable bonds is 2. The number of allylic oxidation sites excluding steroid dienone is 1. The van der Waals surface area contributed by atoms with Crippen LogP contribution >= 0.6 is 11.6 Å². The highest BCUT2D eigenvalue weighted by Gasteiger charge is 2.26. The molecular weight excluding hydrogens is 172 g/mol. The van der Waals surface area contributed by atoms with Crippen molar-refractivity contribution in [2.24, 2.45) is 11.8 Å². The lowest BCUT2D eigenvalue weighted by molar-refractivity contribution is -0.124. The summed E-state index contributed by atoms with van der Waals surface area (Å²) in [6, 6.07) is 0. The molecule has 0 bridgehead atoms. The predicted octanol–water partition coefficient (Wildman–Crippen LogP) is 2.79. The third-order valence-electron chi connectivity index (χ3n) is 2.69. The van der Waals surface area contributed by atoms with Gasteiger partial charge in [0.2, 0.25) is 0 Å². The van der Waals surface area contributed by atoms with E-state index in [1.807, 2.05) is 6.92 Å². The fourth-order valence-corrected chi connectivity index (χ4v) is 1.83. The van der Waals surface area contributed by atoms with Crippen LogP contribution in [0.25, 0.3) is 0 Å². The van der Waals surface area contributed by atoms with E-state index < -0.39 is 0 Å². The van der Waals surface area contributed by atoms with Gasteiger partial charge in [-0.15, -0.1) is 11.6 Å². The molecule has 0 aliphatic heterocycles. The van der Waals surface area contributed by atoms with Crippen LogP contribution in [0.4, 0.5) is 0 Å². The molecule has 68 valence electrons. The number of carbonyl (C=O) groups is 1. The molecule has 1 aliphatic rings. The van der Waals surface area contributed by atoms with E-state index >= 15 is 0 Å². The molecule has 1 saturated carbocycles. The van der Waals surface area contributed by atoms with E-state index in [2.05, 4.69) is 6.58 Å². The van der Waals surface area contributed by atoms with Gasteiger partial charge in [0.05, 0.1) is 0 Å². The molecule has 0 spiro atoms. The van der Waals surface area contributed by atoms with Crippen molar-refractivity contribution >= 4 is 17.4 Å². The standard InChI is InChI=1S/C10H15ClO/c1-7-3-4-9(5-10(7)12)8(2)6-11/h7,9H,2-6H2,1H3/t7-,9-/m0/s1. The fraction of sp³-hybridized carbons (Fsp3) is 0.700. The van der Waals surface area contributed by atoms with Gasteiger partial charge in [-0.05, 0) is 18.8 Å². The highest BCUT2D eigenvalue weighted by atomic mass is 35.5. The molecule has 2 heteroatoms. The van der Waals surface area contributed by atoms with Crippen molar-refractivity contribution in [2.45, 2.75) is 26.2 Å². The molecule has 1 aliphatic carbocycles. The summed E-state index contributed by atoms with van der Waals surface area (Å²) in [6.45, 7) is 5.87. The summed E-state index contributed by atoms with van der Waals surface area (Å²) in [6.07, 6.45) is 2.74. The fourth-order valence-electron chi connectivity index (χ4n) is 1.62. The van der Waals surface area contributed by atoms with E-state index in [1.165, 1.54) is 0 Å².